The van der Waals surface area contributed by atoms with Crippen molar-refractivity contribution in [1.82, 2.24) is 15.2 Å². The summed E-state index contributed by atoms with van der Waals surface area (Å²) in [5.74, 6) is 0.149. The maximum absolute atomic E-state index is 12.7. The summed E-state index contributed by atoms with van der Waals surface area (Å²) >= 11 is 0. The van der Waals surface area contributed by atoms with Crippen molar-refractivity contribution < 1.29 is 4.79 Å². The molecule has 1 N–H and O–H groups in total. The molecule has 0 bridgehead atoms. The fourth-order valence-corrected chi connectivity index (χ4v) is 3.04. The SMILES string of the molecule is CN(C(=O)CN(Cc1cccnc1)c1ccccc1)C1CCNC1.Cl.Cl. The number of likely N-dealkylation sites (N-methyl/N-ethyl adjacent to an activating group) is 1. The van der Waals surface area contributed by atoms with Gasteiger partial charge in [0.15, 0.2) is 0 Å². The minimum atomic E-state index is 0. The first-order chi connectivity index (χ1) is 11.7. The maximum atomic E-state index is 12.7. The highest BCUT2D eigenvalue weighted by Gasteiger charge is 2.24. The Morgan fingerprint density at radius 3 is 2.58 bits per heavy atom. The predicted octanol–water partition coefficient (Wildman–Crippen LogP) is 2.75. The molecule has 0 saturated carbocycles. The summed E-state index contributed by atoms with van der Waals surface area (Å²) in [6.45, 7) is 2.91. The molecule has 5 nitrogen and oxygen atoms in total. The number of hydrogen-bond donors (Lipinski definition) is 1. The number of amides is 1. The molecule has 1 atom stereocenters. The number of pyridine rings is 1. The normalized spacial score (nSPS) is 15.5. The van der Waals surface area contributed by atoms with Crippen molar-refractivity contribution in [2.75, 3.05) is 31.6 Å². The lowest BCUT2D eigenvalue weighted by Gasteiger charge is -2.29. The van der Waals surface area contributed by atoms with E-state index in [1.807, 2.05) is 60.6 Å². The largest absolute Gasteiger partial charge is 0.358 e. The van der Waals surface area contributed by atoms with E-state index in [0.29, 0.717) is 19.1 Å². The Bertz CT molecular complexity index is 651. The quantitative estimate of drug-likeness (QED) is 0.815. The van der Waals surface area contributed by atoms with Gasteiger partial charge in [0.2, 0.25) is 5.91 Å². The van der Waals surface area contributed by atoms with Gasteiger partial charge >= 0.3 is 0 Å². The molecule has 3 rings (SSSR count). The molecule has 1 unspecified atom stereocenters. The summed E-state index contributed by atoms with van der Waals surface area (Å²) < 4.78 is 0. The van der Waals surface area contributed by atoms with Crippen LogP contribution in [0.2, 0.25) is 0 Å². The summed E-state index contributed by atoms with van der Waals surface area (Å²) in [5.41, 5.74) is 2.15. The van der Waals surface area contributed by atoms with Gasteiger partial charge in [-0.25, -0.2) is 0 Å². The van der Waals surface area contributed by atoms with Crippen molar-refractivity contribution in [1.29, 1.82) is 0 Å². The van der Waals surface area contributed by atoms with Crippen LogP contribution in [-0.4, -0.2) is 48.5 Å². The number of para-hydroxylation sites is 1. The van der Waals surface area contributed by atoms with Crippen molar-refractivity contribution >= 4 is 36.4 Å². The molecule has 7 heteroatoms. The third-order valence-corrected chi connectivity index (χ3v) is 4.52. The van der Waals surface area contributed by atoms with Gasteiger partial charge in [0.05, 0.1) is 6.54 Å². The average molecular weight is 397 g/mol. The third kappa shape index (κ3) is 5.87. The molecule has 0 spiro atoms. The Balaban J connectivity index is 0.00000169. The smallest absolute Gasteiger partial charge is 0.242 e. The number of rotatable bonds is 6. The molecule has 1 aromatic carbocycles. The molecule has 1 aliphatic rings. The van der Waals surface area contributed by atoms with Crippen LogP contribution in [0.5, 0.6) is 0 Å². The van der Waals surface area contributed by atoms with Crippen LogP contribution in [0.1, 0.15) is 12.0 Å². The van der Waals surface area contributed by atoms with Crippen LogP contribution in [0.15, 0.2) is 54.9 Å². The maximum Gasteiger partial charge on any atom is 0.242 e. The van der Waals surface area contributed by atoms with E-state index in [4.69, 9.17) is 0 Å². The molecule has 1 aromatic heterocycles. The highest BCUT2D eigenvalue weighted by Crippen LogP contribution is 2.17. The zero-order valence-corrected chi connectivity index (χ0v) is 16.5. The van der Waals surface area contributed by atoms with E-state index >= 15 is 0 Å². The number of carbonyl (C=O) groups is 1. The second-order valence-electron chi connectivity index (χ2n) is 6.20. The number of benzene rings is 1. The van der Waals surface area contributed by atoms with E-state index < -0.39 is 0 Å². The summed E-state index contributed by atoms with van der Waals surface area (Å²) in [4.78, 5) is 20.9. The Morgan fingerprint density at radius 2 is 1.96 bits per heavy atom. The first kappa shape index (κ1) is 22.2. The van der Waals surface area contributed by atoms with E-state index in [2.05, 4.69) is 15.2 Å². The van der Waals surface area contributed by atoms with Crippen LogP contribution in [-0.2, 0) is 11.3 Å². The highest BCUT2D eigenvalue weighted by atomic mass is 35.5. The summed E-state index contributed by atoms with van der Waals surface area (Å²) in [5, 5.41) is 3.32. The number of halogens is 2. The van der Waals surface area contributed by atoms with Crippen LogP contribution < -0.4 is 10.2 Å². The molecule has 1 saturated heterocycles. The third-order valence-electron chi connectivity index (χ3n) is 4.52. The van der Waals surface area contributed by atoms with Gasteiger partial charge in [-0.05, 0) is 36.7 Å². The standard InChI is InChI=1S/C19H24N4O.2ClH/c1-22(18-9-11-21-13-18)19(24)15-23(17-7-3-2-4-8-17)14-16-6-5-10-20-12-16;;/h2-8,10,12,18,21H,9,11,13-15H2,1H3;2*1H. The number of hydrogen-bond acceptors (Lipinski definition) is 4. The molecule has 1 amide bonds. The molecular weight excluding hydrogens is 371 g/mol. The van der Waals surface area contributed by atoms with Crippen LogP contribution in [0.4, 0.5) is 5.69 Å². The Morgan fingerprint density at radius 1 is 1.19 bits per heavy atom. The van der Waals surface area contributed by atoms with Crippen LogP contribution in [0.25, 0.3) is 0 Å². The average Bonchev–Trinajstić information content (AvgIpc) is 3.16. The topological polar surface area (TPSA) is 48.5 Å². The molecule has 1 fully saturated rings. The summed E-state index contributed by atoms with van der Waals surface area (Å²) in [6.07, 6.45) is 4.64. The zero-order chi connectivity index (χ0) is 16.8. The van der Waals surface area contributed by atoms with Crippen molar-refractivity contribution in [2.45, 2.75) is 19.0 Å². The zero-order valence-electron chi connectivity index (χ0n) is 14.9. The molecule has 1 aliphatic heterocycles. The lowest BCUT2D eigenvalue weighted by atomic mass is 10.2. The van der Waals surface area contributed by atoms with Crippen molar-refractivity contribution in [2.24, 2.45) is 0 Å². The van der Waals surface area contributed by atoms with Gasteiger partial charge in [-0.15, -0.1) is 24.8 Å². The van der Waals surface area contributed by atoms with Crippen LogP contribution >= 0.6 is 24.8 Å². The fraction of sp³-hybridized carbons (Fsp3) is 0.368. The van der Waals surface area contributed by atoms with E-state index in [1.165, 1.54) is 0 Å². The van der Waals surface area contributed by atoms with E-state index in [1.54, 1.807) is 6.20 Å². The minimum absolute atomic E-state index is 0. The Labute approximate surface area is 167 Å². The van der Waals surface area contributed by atoms with Crippen LogP contribution in [0.3, 0.4) is 0 Å². The molecule has 0 aliphatic carbocycles. The fourth-order valence-electron chi connectivity index (χ4n) is 3.04. The molecule has 26 heavy (non-hydrogen) atoms. The molecule has 0 radical (unpaired) electrons. The van der Waals surface area contributed by atoms with Crippen molar-refractivity contribution in [3.05, 3.63) is 60.4 Å². The van der Waals surface area contributed by atoms with Gasteiger partial charge in [-0.2, -0.15) is 0 Å². The lowest BCUT2D eigenvalue weighted by molar-refractivity contribution is -0.130. The van der Waals surface area contributed by atoms with Gasteiger partial charge < -0.3 is 15.1 Å². The first-order valence-corrected chi connectivity index (χ1v) is 8.39. The van der Waals surface area contributed by atoms with Crippen LogP contribution in [0, 0.1) is 0 Å². The van der Waals surface area contributed by atoms with Crippen molar-refractivity contribution in [3.63, 3.8) is 0 Å². The molecule has 142 valence electrons. The number of aromatic nitrogens is 1. The number of nitrogens with one attached hydrogen (secondary N) is 1. The molecule has 2 aromatic rings. The van der Waals surface area contributed by atoms with Crippen molar-refractivity contribution in [3.8, 4) is 0 Å². The Hall–Kier alpha value is -1.82. The van der Waals surface area contributed by atoms with E-state index in [9.17, 15) is 4.79 Å². The highest BCUT2D eigenvalue weighted by molar-refractivity contribution is 5.85. The second-order valence-corrected chi connectivity index (χ2v) is 6.20. The second kappa shape index (κ2) is 11.0. The first-order valence-electron chi connectivity index (χ1n) is 8.39. The molecule has 2 heterocycles. The summed E-state index contributed by atoms with van der Waals surface area (Å²) in [6, 6.07) is 14.3. The van der Waals surface area contributed by atoms with E-state index in [-0.39, 0.29) is 30.7 Å². The number of carbonyl (C=O) groups excluding carboxylic acids is 1. The van der Waals surface area contributed by atoms with Gasteiger partial charge in [-0.1, -0.05) is 24.3 Å². The summed E-state index contributed by atoms with van der Waals surface area (Å²) in [7, 11) is 1.91. The Kier molecular flexibility index (Phi) is 9.41. The number of anilines is 1. The monoisotopic (exact) mass is 396 g/mol. The van der Waals surface area contributed by atoms with E-state index in [0.717, 1.165) is 30.8 Å². The molecular formula is C19H26Cl2N4O. The van der Waals surface area contributed by atoms with Gasteiger partial charge in [0.1, 0.15) is 0 Å². The predicted molar refractivity (Wildman–Crippen MR) is 110 cm³/mol. The van der Waals surface area contributed by atoms with Gasteiger partial charge in [0.25, 0.3) is 0 Å². The van der Waals surface area contributed by atoms with Gasteiger partial charge in [-0.3, -0.25) is 9.78 Å². The van der Waals surface area contributed by atoms with Gasteiger partial charge in [0, 0.05) is 44.3 Å². The lowest BCUT2D eigenvalue weighted by Crippen LogP contribution is -2.44. The number of nitrogens with zero attached hydrogens (tertiary/aromatic N) is 3. The minimum Gasteiger partial charge on any atom is -0.358 e.